The molecule has 0 aliphatic rings. The van der Waals surface area contributed by atoms with E-state index in [1.165, 1.54) is 5.56 Å². The molecule has 1 aromatic carbocycles. The van der Waals surface area contributed by atoms with E-state index in [0.717, 1.165) is 6.61 Å². The predicted octanol–water partition coefficient (Wildman–Crippen LogP) is 2.37. The van der Waals surface area contributed by atoms with Crippen LogP contribution in [0.2, 0.25) is 0 Å². The van der Waals surface area contributed by atoms with Crippen molar-refractivity contribution in [1.29, 1.82) is 0 Å². The third-order valence-corrected chi connectivity index (χ3v) is 2.15. The fourth-order valence-corrected chi connectivity index (χ4v) is 1.32. The quantitative estimate of drug-likeness (QED) is 0.775. The van der Waals surface area contributed by atoms with Gasteiger partial charge >= 0.3 is 0 Å². The van der Waals surface area contributed by atoms with E-state index >= 15 is 0 Å². The molecule has 0 heterocycles. The Kier molecular flexibility index (Phi) is 4.63. The first-order chi connectivity index (χ1) is 6.74. The Bertz CT molecular complexity index is 246. The topological polar surface area (TPSA) is 21.3 Å². The monoisotopic (exact) mass is 193 g/mol. The van der Waals surface area contributed by atoms with Crippen molar-refractivity contribution < 1.29 is 4.74 Å². The third-order valence-electron chi connectivity index (χ3n) is 2.15. The van der Waals surface area contributed by atoms with Crippen molar-refractivity contribution in [2.75, 3.05) is 13.7 Å². The molecular weight excluding hydrogens is 174 g/mol. The summed E-state index contributed by atoms with van der Waals surface area (Å²) in [4.78, 5) is 0. The van der Waals surface area contributed by atoms with Crippen molar-refractivity contribution >= 4 is 0 Å². The largest absolute Gasteiger partial charge is 0.377 e. The number of hydrogen-bond acceptors (Lipinski definition) is 2. The van der Waals surface area contributed by atoms with Crippen molar-refractivity contribution in [1.82, 2.24) is 5.32 Å². The molecule has 1 atom stereocenters. The van der Waals surface area contributed by atoms with Gasteiger partial charge in [-0.05, 0) is 26.5 Å². The van der Waals surface area contributed by atoms with Gasteiger partial charge in [-0.25, -0.2) is 0 Å². The lowest BCUT2D eigenvalue weighted by atomic mass is 10.1. The highest BCUT2D eigenvalue weighted by molar-refractivity contribution is 5.18. The Morgan fingerprint density at radius 2 is 1.86 bits per heavy atom. The predicted molar refractivity (Wildman–Crippen MR) is 59.3 cm³/mol. The molecule has 2 nitrogen and oxygen atoms in total. The van der Waals surface area contributed by atoms with Crippen LogP contribution in [0.3, 0.4) is 0 Å². The summed E-state index contributed by atoms with van der Waals surface area (Å²) in [5.74, 6) is 0. The molecule has 0 bridgehead atoms. The molecule has 0 amide bonds. The number of ether oxygens (including phenoxy) is 1. The minimum atomic E-state index is 0.287. The molecule has 0 spiro atoms. The van der Waals surface area contributed by atoms with Crippen molar-refractivity contribution in [3.8, 4) is 0 Å². The van der Waals surface area contributed by atoms with E-state index in [-0.39, 0.29) is 6.10 Å². The van der Waals surface area contributed by atoms with E-state index in [4.69, 9.17) is 4.74 Å². The van der Waals surface area contributed by atoms with Gasteiger partial charge in [-0.15, -0.1) is 0 Å². The summed E-state index contributed by atoms with van der Waals surface area (Å²) in [6, 6.07) is 10.7. The van der Waals surface area contributed by atoms with Gasteiger partial charge in [0.25, 0.3) is 0 Å². The first-order valence-electron chi connectivity index (χ1n) is 5.08. The molecule has 0 radical (unpaired) electrons. The number of hydrogen-bond donors (Lipinski definition) is 1. The van der Waals surface area contributed by atoms with Crippen molar-refractivity contribution in [3.05, 3.63) is 35.9 Å². The van der Waals surface area contributed by atoms with Crippen LogP contribution in [0.15, 0.2) is 30.3 Å². The highest BCUT2D eigenvalue weighted by Crippen LogP contribution is 2.12. The maximum absolute atomic E-state index is 5.59. The van der Waals surface area contributed by atoms with Crippen LogP contribution >= 0.6 is 0 Å². The van der Waals surface area contributed by atoms with E-state index in [1.54, 1.807) is 0 Å². The van der Waals surface area contributed by atoms with E-state index < -0.39 is 0 Å². The van der Waals surface area contributed by atoms with Crippen LogP contribution < -0.4 is 5.32 Å². The fraction of sp³-hybridized carbons (Fsp3) is 0.500. The van der Waals surface area contributed by atoms with Gasteiger partial charge in [0.05, 0.1) is 18.8 Å². The standard InChI is InChI=1S/C12H19NO/c1-10(2)14-9-12(13-3)11-7-5-4-6-8-11/h4-8,10,12-13H,9H2,1-3H3. The van der Waals surface area contributed by atoms with Gasteiger partial charge in [-0.1, -0.05) is 30.3 Å². The lowest BCUT2D eigenvalue weighted by Gasteiger charge is -2.18. The molecule has 0 aliphatic carbocycles. The number of nitrogens with one attached hydrogen (secondary N) is 1. The highest BCUT2D eigenvalue weighted by atomic mass is 16.5. The fourth-order valence-electron chi connectivity index (χ4n) is 1.32. The Balaban J connectivity index is 2.54. The molecule has 0 fully saturated rings. The molecule has 1 N–H and O–H groups in total. The average molecular weight is 193 g/mol. The summed E-state index contributed by atoms with van der Waals surface area (Å²) >= 11 is 0. The van der Waals surface area contributed by atoms with Crippen molar-refractivity contribution in [2.24, 2.45) is 0 Å². The second-order valence-corrected chi connectivity index (χ2v) is 3.63. The van der Waals surface area contributed by atoms with Gasteiger partial charge in [0.15, 0.2) is 0 Å². The van der Waals surface area contributed by atoms with E-state index in [2.05, 4.69) is 43.4 Å². The van der Waals surface area contributed by atoms with E-state index in [1.807, 2.05) is 13.1 Å². The Morgan fingerprint density at radius 3 is 2.36 bits per heavy atom. The van der Waals surface area contributed by atoms with E-state index in [0.29, 0.717) is 6.04 Å². The van der Waals surface area contributed by atoms with Crippen LogP contribution in [-0.4, -0.2) is 19.8 Å². The van der Waals surface area contributed by atoms with Crippen molar-refractivity contribution in [2.45, 2.75) is 26.0 Å². The molecule has 1 rings (SSSR count). The molecule has 2 heteroatoms. The number of likely N-dealkylation sites (N-methyl/N-ethyl adjacent to an activating group) is 1. The van der Waals surface area contributed by atoms with Gasteiger partial charge in [-0.3, -0.25) is 0 Å². The Morgan fingerprint density at radius 1 is 1.21 bits per heavy atom. The summed E-state index contributed by atoms with van der Waals surface area (Å²) in [6.45, 7) is 4.83. The first-order valence-corrected chi connectivity index (χ1v) is 5.08. The summed E-state index contributed by atoms with van der Waals surface area (Å²) < 4.78 is 5.59. The second-order valence-electron chi connectivity index (χ2n) is 3.63. The van der Waals surface area contributed by atoms with Crippen LogP contribution in [0.4, 0.5) is 0 Å². The molecule has 1 aromatic rings. The van der Waals surface area contributed by atoms with Gasteiger partial charge < -0.3 is 10.1 Å². The molecule has 0 aliphatic heterocycles. The lowest BCUT2D eigenvalue weighted by molar-refractivity contribution is 0.0626. The van der Waals surface area contributed by atoms with Crippen LogP contribution in [0.25, 0.3) is 0 Å². The van der Waals surface area contributed by atoms with Crippen LogP contribution in [0.5, 0.6) is 0 Å². The van der Waals surface area contributed by atoms with E-state index in [9.17, 15) is 0 Å². The summed E-state index contributed by atoms with van der Waals surface area (Å²) in [5, 5.41) is 3.25. The van der Waals surface area contributed by atoms with Gasteiger partial charge in [-0.2, -0.15) is 0 Å². The first kappa shape index (κ1) is 11.2. The molecule has 78 valence electrons. The molecule has 0 saturated heterocycles. The molecule has 0 aromatic heterocycles. The molecule has 0 saturated carbocycles. The lowest BCUT2D eigenvalue weighted by Crippen LogP contribution is -2.23. The smallest absolute Gasteiger partial charge is 0.0664 e. The minimum Gasteiger partial charge on any atom is -0.377 e. The van der Waals surface area contributed by atoms with Crippen LogP contribution in [0.1, 0.15) is 25.5 Å². The Hall–Kier alpha value is -0.860. The second kappa shape index (κ2) is 5.78. The van der Waals surface area contributed by atoms with Gasteiger partial charge in [0, 0.05) is 0 Å². The zero-order valence-electron chi connectivity index (χ0n) is 9.16. The SMILES string of the molecule is CNC(COC(C)C)c1ccccc1. The molecule has 14 heavy (non-hydrogen) atoms. The van der Waals surface area contributed by atoms with Gasteiger partial charge in [0.2, 0.25) is 0 Å². The van der Waals surface area contributed by atoms with Crippen molar-refractivity contribution in [3.63, 3.8) is 0 Å². The summed E-state index contributed by atoms with van der Waals surface area (Å²) in [5.41, 5.74) is 1.27. The minimum absolute atomic E-state index is 0.287. The normalized spacial score (nSPS) is 13.1. The summed E-state index contributed by atoms with van der Waals surface area (Å²) in [6.07, 6.45) is 0.287. The summed E-state index contributed by atoms with van der Waals surface area (Å²) in [7, 11) is 1.96. The maximum Gasteiger partial charge on any atom is 0.0664 e. The zero-order valence-corrected chi connectivity index (χ0v) is 9.16. The Labute approximate surface area is 86.3 Å². The highest BCUT2D eigenvalue weighted by Gasteiger charge is 2.08. The number of benzene rings is 1. The molecular formula is C12H19NO. The average Bonchev–Trinajstić information content (AvgIpc) is 2.20. The van der Waals surface area contributed by atoms with Crippen LogP contribution in [0, 0.1) is 0 Å². The third kappa shape index (κ3) is 3.48. The number of rotatable bonds is 5. The van der Waals surface area contributed by atoms with Crippen LogP contribution in [-0.2, 0) is 4.74 Å². The maximum atomic E-state index is 5.59. The van der Waals surface area contributed by atoms with Gasteiger partial charge in [0.1, 0.15) is 0 Å². The zero-order chi connectivity index (χ0) is 10.4. The molecule has 1 unspecified atom stereocenters.